The van der Waals surface area contributed by atoms with E-state index in [9.17, 15) is 4.79 Å². The van der Waals surface area contributed by atoms with Crippen LogP contribution in [0.5, 0.6) is 5.75 Å². The van der Waals surface area contributed by atoms with Crippen molar-refractivity contribution >= 4 is 17.0 Å². The predicted octanol–water partition coefficient (Wildman–Crippen LogP) is 3.18. The third-order valence-electron chi connectivity index (χ3n) is 4.12. The zero-order valence-electron chi connectivity index (χ0n) is 13.5. The number of nitrogens with two attached hydrogens (primary N) is 1. The van der Waals surface area contributed by atoms with E-state index >= 15 is 0 Å². The summed E-state index contributed by atoms with van der Waals surface area (Å²) in [4.78, 5) is 22.7. The smallest absolute Gasteiger partial charge is 0.262 e. The topological polar surface area (TPSA) is 96.8 Å². The van der Waals surface area contributed by atoms with Gasteiger partial charge in [-0.25, -0.2) is 0 Å². The predicted molar refractivity (Wildman–Crippen MR) is 98.6 cm³/mol. The van der Waals surface area contributed by atoms with Crippen LogP contribution >= 0.6 is 0 Å². The van der Waals surface area contributed by atoms with Crippen molar-refractivity contribution in [3.8, 4) is 28.1 Å². The molecule has 25 heavy (non-hydrogen) atoms. The van der Waals surface area contributed by atoms with Crippen molar-refractivity contribution in [2.24, 2.45) is 0 Å². The number of ether oxygens (including phenoxy) is 1. The standard InChI is InChI=1S/C19H16N4O2/c1-25-13-10-6-5-9-12(13)14-15-17(22-19(20)23-18(15)24)21-16(14)11-7-3-2-4-8-11/h2-10H,1H3,(H4,20,21,22,23,24). The Hall–Kier alpha value is -3.54. The molecule has 0 saturated heterocycles. The Bertz CT molecular complexity index is 1110. The second-order valence-electron chi connectivity index (χ2n) is 5.62. The number of hydrogen-bond donors (Lipinski definition) is 3. The quantitative estimate of drug-likeness (QED) is 0.537. The van der Waals surface area contributed by atoms with Gasteiger partial charge >= 0.3 is 0 Å². The van der Waals surface area contributed by atoms with Crippen LogP contribution in [0.1, 0.15) is 0 Å². The lowest BCUT2D eigenvalue weighted by Gasteiger charge is -2.10. The van der Waals surface area contributed by atoms with Gasteiger partial charge in [0.15, 0.2) is 0 Å². The number of hydrogen-bond acceptors (Lipinski definition) is 4. The number of nitrogen functional groups attached to an aromatic ring is 1. The van der Waals surface area contributed by atoms with Gasteiger partial charge in [0, 0.05) is 11.1 Å². The summed E-state index contributed by atoms with van der Waals surface area (Å²) in [5, 5.41) is 0.456. The lowest BCUT2D eigenvalue weighted by atomic mass is 9.98. The Morgan fingerprint density at radius 3 is 2.48 bits per heavy atom. The largest absolute Gasteiger partial charge is 0.496 e. The van der Waals surface area contributed by atoms with Crippen molar-refractivity contribution in [1.82, 2.24) is 15.0 Å². The van der Waals surface area contributed by atoms with Crippen LogP contribution in [0.3, 0.4) is 0 Å². The van der Waals surface area contributed by atoms with E-state index in [4.69, 9.17) is 10.5 Å². The van der Waals surface area contributed by atoms with E-state index in [0.717, 1.165) is 22.4 Å². The first kappa shape index (κ1) is 15.0. The molecule has 4 rings (SSSR count). The van der Waals surface area contributed by atoms with Crippen molar-refractivity contribution in [3.05, 3.63) is 65.0 Å². The number of fused-ring (bicyclic) bond motifs is 1. The molecular formula is C19H16N4O2. The van der Waals surface area contributed by atoms with Crippen LogP contribution < -0.4 is 16.0 Å². The molecule has 0 bridgehead atoms. The number of aromatic nitrogens is 3. The van der Waals surface area contributed by atoms with Gasteiger partial charge in [0.2, 0.25) is 5.95 Å². The maximum Gasteiger partial charge on any atom is 0.262 e. The van der Waals surface area contributed by atoms with Gasteiger partial charge in [-0.1, -0.05) is 48.5 Å². The normalized spacial score (nSPS) is 10.9. The third kappa shape index (κ3) is 2.44. The maximum atomic E-state index is 12.6. The minimum Gasteiger partial charge on any atom is -0.496 e. The maximum absolute atomic E-state index is 12.6. The van der Waals surface area contributed by atoms with Crippen molar-refractivity contribution < 1.29 is 4.74 Å². The van der Waals surface area contributed by atoms with E-state index in [1.54, 1.807) is 7.11 Å². The summed E-state index contributed by atoms with van der Waals surface area (Å²) in [7, 11) is 1.61. The number of H-pyrrole nitrogens is 2. The van der Waals surface area contributed by atoms with Crippen molar-refractivity contribution in [1.29, 1.82) is 0 Å². The van der Waals surface area contributed by atoms with E-state index in [-0.39, 0.29) is 11.5 Å². The highest BCUT2D eigenvalue weighted by Crippen LogP contribution is 2.40. The molecule has 0 aliphatic carbocycles. The average molecular weight is 332 g/mol. The van der Waals surface area contributed by atoms with Crippen LogP contribution in [-0.4, -0.2) is 22.1 Å². The van der Waals surface area contributed by atoms with Gasteiger partial charge in [-0.15, -0.1) is 0 Å². The minimum absolute atomic E-state index is 0.0740. The number of nitrogens with one attached hydrogen (secondary N) is 2. The average Bonchev–Trinajstić information content (AvgIpc) is 3.01. The summed E-state index contributed by atoms with van der Waals surface area (Å²) in [6.45, 7) is 0. The third-order valence-corrected chi connectivity index (χ3v) is 4.12. The molecule has 6 heteroatoms. The molecule has 6 nitrogen and oxygen atoms in total. The van der Waals surface area contributed by atoms with E-state index in [2.05, 4.69) is 15.0 Å². The highest BCUT2D eigenvalue weighted by atomic mass is 16.5. The minimum atomic E-state index is -0.290. The Morgan fingerprint density at radius 2 is 1.72 bits per heavy atom. The molecule has 0 atom stereocenters. The number of nitrogens with zero attached hydrogens (tertiary/aromatic N) is 1. The molecule has 4 aromatic rings. The molecule has 4 N–H and O–H groups in total. The van der Waals surface area contributed by atoms with Crippen molar-refractivity contribution in [2.75, 3.05) is 12.8 Å². The number of para-hydroxylation sites is 1. The second-order valence-corrected chi connectivity index (χ2v) is 5.62. The number of rotatable bonds is 3. The van der Waals surface area contributed by atoms with Gasteiger partial charge in [-0.2, -0.15) is 4.98 Å². The first-order chi connectivity index (χ1) is 12.2. The number of methoxy groups -OCH3 is 1. The molecule has 0 amide bonds. The summed E-state index contributed by atoms with van der Waals surface area (Å²) in [6, 6.07) is 17.4. The van der Waals surface area contributed by atoms with Gasteiger partial charge in [0.25, 0.3) is 5.56 Å². The Labute approximate surface area is 143 Å². The molecule has 0 radical (unpaired) electrons. The number of aromatic amines is 2. The Morgan fingerprint density at radius 1 is 1.00 bits per heavy atom. The molecule has 0 aliphatic heterocycles. The molecule has 0 saturated carbocycles. The van der Waals surface area contributed by atoms with E-state index < -0.39 is 0 Å². The van der Waals surface area contributed by atoms with Gasteiger partial charge in [0.05, 0.1) is 18.2 Å². The van der Waals surface area contributed by atoms with Crippen LogP contribution in [0.2, 0.25) is 0 Å². The van der Waals surface area contributed by atoms with Crippen LogP contribution in [0, 0.1) is 0 Å². The molecule has 2 aromatic heterocycles. The molecule has 2 heterocycles. The Kier molecular flexibility index (Phi) is 3.50. The van der Waals surface area contributed by atoms with Crippen LogP contribution in [0.15, 0.2) is 59.4 Å². The fraction of sp³-hybridized carbons (Fsp3) is 0.0526. The monoisotopic (exact) mass is 332 g/mol. The molecule has 0 aliphatic rings. The number of benzene rings is 2. The molecule has 2 aromatic carbocycles. The fourth-order valence-electron chi connectivity index (χ4n) is 3.06. The highest BCUT2D eigenvalue weighted by Gasteiger charge is 2.21. The lowest BCUT2D eigenvalue weighted by molar-refractivity contribution is 0.416. The first-order valence-electron chi connectivity index (χ1n) is 7.79. The van der Waals surface area contributed by atoms with Gasteiger partial charge < -0.3 is 15.5 Å². The fourth-order valence-corrected chi connectivity index (χ4v) is 3.06. The number of anilines is 1. The molecular weight excluding hydrogens is 316 g/mol. The van der Waals surface area contributed by atoms with Gasteiger partial charge in [-0.05, 0) is 11.6 Å². The summed E-state index contributed by atoms with van der Waals surface area (Å²) >= 11 is 0. The summed E-state index contributed by atoms with van der Waals surface area (Å²) in [5.41, 5.74) is 9.16. The van der Waals surface area contributed by atoms with E-state index in [1.165, 1.54) is 0 Å². The second kappa shape index (κ2) is 5.83. The first-order valence-corrected chi connectivity index (χ1v) is 7.79. The Balaban J connectivity index is 2.16. The van der Waals surface area contributed by atoms with Crippen molar-refractivity contribution in [2.45, 2.75) is 0 Å². The van der Waals surface area contributed by atoms with Crippen LogP contribution in [0.4, 0.5) is 5.95 Å². The van der Waals surface area contributed by atoms with Crippen LogP contribution in [0.25, 0.3) is 33.4 Å². The van der Waals surface area contributed by atoms with E-state index in [0.29, 0.717) is 16.8 Å². The summed E-state index contributed by atoms with van der Waals surface area (Å²) in [6.07, 6.45) is 0. The molecule has 124 valence electrons. The lowest BCUT2D eigenvalue weighted by Crippen LogP contribution is -2.11. The van der Waals surface area contributed by atoms with E-state index in [1.807, 2.05) is 54.6 Å². The SMILES string of the molecule is COc1ccccc1-c1c(-c2ccccc2)[nH]c2nc(N)[nH]c(=O)c12. The molecule has 0 spiro atoms. The summed E-state index contributed by atoms with van der Waals surface area (Å²) < 4.78 is 5.50. The molecule has 0 fully saturated rings. The van der Waals surface area contributed by atoms with Crippen molar-refractivity contribution in [3.63, 3.8) is 0 Å². The van der Waals surface area contributed by atoms with Gasteiger partial charge in [-0.3, -0.25) is 9.78 Å². The zero-order chi connectivity index (χ0) is 17.4. The van der Waals surface area contributed by atoms with Crippen LogP contribution in [-0.2, 0) is 0 Å². The highest BCUT2D eigenvalue weighted by molar-refractivity contribution is 6.03. The zero-order valence-corrected chi connectivity index (χ0v) is 13.5. The molecule has 0 unspecified atom stereocenters. The summed E-state index contributed by atoms with van der Waals surface area (Å²) in [5.74, 6) is 0.752. The van der Waals surface area contributed by atoms with Gasteiger partial charge in [0.1, 0.15) is 11.4 Å².